The second-order valence-electron chi connectivity index (χ2n) is 5.65. The molecule has 0 spiro atoms. The smallest absolute Gasteiger partial charge is 0.341 e. The lowest BCUT2D eigenvalue weighted by atomic mass is 10.00. The average molecular weight is 333 g/mol. The zero-order valence-electron chi connectivity index (χ0n) is 14.1. The maximum absolute atomic E-state index is 13.3. The van der Waals surface area contributed by atoms with Crippen molar-refractivity contribution in [3.8, 4) is 0 Å². The summed E-state index contributed by atoms with van der Waals surface area (Å²) in [6.45, 7) is 3.59. The van der Waals surface area contributed by atoms with Crippen molar-refractivity contribution in [1.29, 1.82) is 0 Å². The molecule has 0 unspecified atom stereocenters. The van der Waals surface area contributed by atoms with E-state index in [1.54, 1.807) is 39.1 Å². The zero-order chi connectivity index (χ0) is 17.9. The molecule has 0 aliphatic heterocycles. The number of halogens is 1. The third-order valence-electron chi connectivity index (χ3n) is 3.86. The molecule has 24 heavy (non-hydrogen) atoms. The van der Waals surface area contributed by atoms with Gasteiger partial charge in [-0.25, -0.2) is 9.18 Å². The Labute approximate surface area is 140 Å². The lowest BCUT2D eigenvalue weighted by Gasteiger charge is -2.20. The van der Waals surface area contributed by atoms with Gasteiger partial charge in [-0.1, -0.05) is 12.1 Å². The zero-order valence-corrected chi connectivity index (χ0v) is 14.1. The molecule has 128 valence electrons. The highest BCUT2D eigenvalue weighted by Gasteiger charge is 2.22. The molecule has 0 saturated heterocycles. The summed E-state index contributed by atoms with van der Waals surface area (Å²) in [6, 6.07) is 7.55. The van der Waals surface area contributed by atoms with Gasteiger partial charge in [0.1, 0.15) is 22.9 Å². The third-order valence-corrected chi connectivity index (χ3v) is 3.86. The van der Waals surface area contributed by atoms with Gasteiger partial charge in [0.25, 0.3) is 0 Å². The molecule has 1 aromatic carbocycles. The number of carbonyl (C=O) groups is 2. The minimum absolute atomic E-state index is 0.172. The van der Waals surface area contributed by atoms with E-state index in [9.17, 15) is 14.0 Å². The summed E-state index contributed by atoms with van der Waals surface area (Å²) < 4.78 is 23.5. The van der Waals surface area contributed by atoms with E-state index in [0.29, 0.717) is 22.6 Å². The van der Waals surface area contributed by atoms with Gasteiger partial charge in [-0.2, -0.15) is 0 Å². The standard InChI is InChI=1S/C18H20FNO4/c1-11(13-6-5-7-14(19)8-13)17(21)20(3)10-15-9-16(12(2)24-15)18(22)23-4/h5-9,11H,10H2,1-4H3/t11-/m0/s1. The van der Waals surface area contributed by atoms with Crippen LogP contribution in [-0.2, 0) is 16.1 Å². The van der Waals surface area contributed by atoms with Crippen LogP contribution in [0.1, 0.15) is 40.3 Å². The fraction of sp³-hybridized carbons (Fsp3) is 0.333. The van der Waals surface area contributed by atoms with E-state index in [1.807, 2.05) is 0 Å². The molecule has 2 aromatic rings. The molecule has 0 saturated carbocycles. The molecule has 0 aliphatic rings. The number of methoxy groups -OCH3 is 1. The highest BCUT2D eigenvalue weighted by Crippen LogP contribution is 2.21. The van der Waals surface area contributed by atoms with Gasteiger partial charge in [-0.05, 0) is 37.6 Å². The second kappa shape index (κ2) is 7.29. The van der Waals surface area contributed by atoms with Crippen molar-refractivity contribution >= 4 is 11.9 Å². The van der Waals surface area contributed by atoms with Crippen LogP contribution in [0.15, 0.2) is 34.7 Å². The number of hydrogen-bond donors (Lipinski definition) is 0. The fourth-order valence-electron chi connectivity index (χ4n) is 2.49. The summed E-state index contributed by atoms with van der Waals surface area (Å²) in [4.78, 5) is 25.6. The Bertz CT molecular complexity index is 753. The van der Waals surface area contributed by atoms with Crippen LogP contribution in [0.25, 0.3) is 0 Å². The predicted molar refractivity (Wildman–Crippen MR) is 86.1 cm³/mol. The summed E-state index contributed by atoms with van der Waals surface area (Å²) >= 11 is 0. The van der Waals surface area contributed by atoms with Crippen molar-refractivity contribution in [2.45, 2.75) is 26.3 Å². The number of carbonyl (C=O) groups excluding carboxylic acids is 2. The second-order valence-corrected chi connectivity index (χ2v) is 5.65. The Morgan fingerprint density at radius 3 is 2.67 bits per heavy atom. The molecular weight excluding hydrogens is 313 g/mol. The van der Waals surface area contributed by atoms with Gasteiger partial charge in [0.2, 0.25) is 5.91 Å². The minimum atomic E-state index is -0.484. The quantitative estimate of drug-likeness (QED) is 0.788. The van der Waals surface area contributed by atoms with Gasteiger partial charge in [0.15, 0.2) is 0 Å². The van der Waals surface area contributed by atoms with Crippen LogP contribution in [0.2, 0.25) is 0 Å². The summed E-state index contributed by atoms with van der Waals surface area (Å²) in [7, 11) is 2.93. The van der Waals surface area contributed by atoms with E-state index in [-0.39, 0.29) is 18.3 Å². The molecule has 6 heteroatoms. The first-order valence-corrected chi connectivity index (χ1v) is 7.51. The van der Waals surface area contributed by atoms with Crippen molar-refractivity contribution in [2.75, 3.05) is 14.2 Å². The monoisotopic (exact) mass is 333 g/mol. The first-order valence-electron chi connectivity index (χ1n) is 7.51. The summed E-state index contributed by atoms with van der Waals surface area (Å²) in [5, 5.41) is 0. The van der Waals surface area contributed by atoms with Gasteiger partial charge < -0.3 is 14.1 Å². The number of amides is 1. The maximum atomic E-state index is 13.3. The van der Waals surface area contributed by atoms with Crippen molar-refractivity contribution in [3.63, 3.8) is 0 Å². The van der Waals surface area contributed by atoms with E-state index in [0.717, 1.165) is 0 Å². The fourth-order valence-corrected chi connectivity index (χ4v) is 2.49. The van der Waals surface area contributed by atoms with E-state index in [2.05, 4.69) is 4.74 Å². The molecule has 1 aromatic heterocycles. The Morgan fingerprint density at radius 1 is 1.33 bits per heavy atom. The first-order chi connectivity index (χ1) is 11.3. The molecule has 1 heterocycles. The normalized spacial score (nSPS) is 11.9. The molecule has 1 amide bonds. The summed E-state index contributed by atoms with van der Waals surface area (Å²) in [5.41, 5.74) is 0.948. The first kappa shape index (κ1) is 17.7. The Kier molecular flexibility index (Phi) is 5.39. The largest absolute Gasteiger partial charge is 0.465 e. The van der Waals surface area contributed by atoms with Crippen LogP contribution in [0.4, 0.5) is 4.39 Å². The van der Waals surface area contributed by atoms with Crippen LogP contribution in [-0.4, -0.2) is 30.9 Å². The van der Waals surface area contributed by atoms with Gasteiger partial charge in [0.05, 0.1) is 19.6 Å². The molecule has 0 bridgehead atoms. The summed E-state index contributed by atoms with van der Waals surface area (Å²) in [6.07, 6.45) is 0. The number of nitrogens with zero attached hydrogens (tertiary/aromatic N) is 1. The number of esters is 1. The number of rotatable bonds is 5. The molecule has 0 aliphatic carbocycles. The number of benzene rings is 1. The number of hydrogen-bond acceptors (Lipinski definition) is 4. The maximum Gasteiger partial charge on any atom is 0.341 e. The molecule has 0 N–H and O–H groups in total. The highest BCUT2D eigenvalue weighted by molar-refractivity contribution is 5.90. The molecule has 5 nitrogen and oxygen atoms in total. The van der Waals surface area contributed by atoms with Crippen molar-refractivity contribution in [3.05, 3.63) is 58.8 Å². The highest BCUT2D eigenvalue weighted by atomic mass is 19.1. The van der Waals surface area contributed by atoms with Gasteiger partial charge in [-0.3, -0.25) is 4.79 Å². The average Bonchev–Trinajstić information content (AvgIpc) is 2.92. The van der Waals surface area contributed by atoms with Crippen LogP contribution in [0, 0.1) is 12.7 Å². The minimum Gasteiger partial charge on any atom is -0.465 e. The SMILES string of the molecule is COC(=O)c1cc(CN(C)C(=O)[C@@H](C)c2cccc(F)c2)oc1C. The van der Waals surface area contributed by atoms with Gasteiger partial charge in [-0.15, -0.1) is 0 Å². The molecular formula is C18H20FNO4. The number of furan rings is 1. The van der Waals surface area contributed by atoms with E-state index < -0.39 is 11.9 Å². The van der Waals surface area contributed by atoms with Crippen molar-refractivity contribution < 1.29 is 23.1 Å². The van der Waals surface area contributed by atoms with Crippen LogP contribution >= 0.6 is 0 Å². The number of ether oxygens (including phenoxy) is 1. The number of aryl methyl sites for hydroxylation is 1. The Hall–Kier alpha value is -2.63. The summed E-state index contributed by atoms with van der Waals surface area (Å²) in [5.74, 6) is -0.592. The Morgan fingerprint density at radius 2 is 2.04 bits per heavy atom. The van der Waals surface area contributed by atoms with Crippen molar-refractivity contribution in [1.82, 2.24) is 4.90 Å². The molecule has 0 radical (unpaired) electrons. The topological polar surface area (TPSA) is 59.8 Å². The Balaban J connectivity index is 2.10. The molecule has 0 fully saturated rings. The lowest BCUT2D eigenvalue weighted by Crippen LogP contribution is -2.30. The van der Waals surface area contributed by atoms with E-state index >= 15 is 0 Å². The van der Waals surface area contributed by atoms with E-state index in [1.165, 1.54) is 24.1 Å². The van der Waals surface area contributed by atoms with Crippen LogP contribution in [0.3, 0.4) is 0 Å². The third kappa shape index (κ3) is 3.82. The predicted octanol–water partition coefficient (Wildman–Crippen LogP) is 3.28. The molecule has 2 rings (SSSR count). The van der Waals surface area contributed by atoms with Crippen LogP contribution in [0.5, 0.6) is 0 Å². The van der Waals surface area contributed by atoms with Crippen molar-refractivity contribution in [2.24, 2.45) is 0 Å². The van der Waals surface area contributed by atoms with Gasteiger partial charge in [0, 0.05) is 7.05 Å². The van der Waals surface area contributed by atoms with Crippen LogP contribution < -0.4 is 0 Å². The molecule has 1 atom stereocenters. The van der Waals surface area contributed by atoms with Gasteiger partial charge >= 0.3 is 5.97 Å². The van der Waals surface area contributed by atoms with E-state index in [4.69, 9.17) is 4.42 Å². The lowest BCUT2D eigenvalue weighted by molar-refractivity contribution is -0.131. The number of likely N-dealkylation sites (N-methyl/N-ethyl adjacent to an activating group) is 1.